The number of carbonyl (C=O) groups excluding carboxylic acids is 1. The first-order valence-electron chi connectivity index (χ1n) is 5.68. The number of ketones is 1. The zero-order valence-corrected chi connectivity index (χ0v) is 9.86. The Hall–Kier alpha value is -1.29. The summed E-state index contributed by atoms with van der Waals surface area (Å²) in [5.41, 5.74) is 3.30. The van der Waals surface area contributed by atoms with Crippen LogP contribution in [0.4, 0.5) is 0 Å². The molecule has 1 fully saturated rings. The quantitative estimate of drug-likeness (QED) is 0.751. The summed E-state index contributed by atoms with van der Waals surface area (Å²) in [5, 5.41) is 0. The lowest BCUT2D eigenvalue weighted by Crippen LogP contribution is -2.33. The van der Waals surface area contributed by atoms with Crippen LogP contribution in [0.3, 0.4) is 0 Å². The average molecular weight is 219 g/mol. The number of aromatic nitrogens is 2. The van der Waals surface area contributed by atoms with Gasteiger partial charge >= 0.3 is 0 Å². The molecule has 0 saturated carbocycles. The van der Waals surface area contributed by atoms with Gasteiger partial charge in [-0.1, -0.05) is 0 Å². The first kappa shape index (κ1) is 11.2. The molecule has 1 aliphatic heterocycles. The highest BCUT2D eigenvalue weighted by atomic mass is 16.1. The summed E-state index contributed by atoms with van der Waals surface area (Å²) in [6, 6.07) is 0. The smallest absolute Gasteiger partial charge is 0.135 e. The fourth-order valence-corrected chi connectivity index (χ4v) is 2.03. The lowest BCUT2D eigenvalue weighted by Gasteiger charge is -2.26. The normalized spacial score (nSPS) is 17.8. The summed E-state index contributed by atoms with van der Waals surface area (Å²) in [4.78, 5) is 21.9. The zero-order chi connectivity index (χ0) is 11.5. The van der Waals surface area contributed by atoms with Crippen molar-refractivity contribution in [3.05, 3.63) is 23.3 Å². The first-order chi connectivity index (χ1) is 7.66. The lowest BCUT2D eigenvalue weighted by atomic mass is 10.1. The molecule has 2 rings (SSSR count). The second kappa shape index (κ2) is 4.70. The van der Waals surface area contributed by atoms with Gasteiger partial charge in [0.1, 0.15) is 12.1 Å². The average Bonchev–Trinajstić information content (AvgIpc) is 2.26. The number of rotatable bonds is 2. The molecule has 4 nitrogen and oxygen atoms in total. The van der Waals surface area contributed by atoms with E-state index in [0.717, 1.165) is 31.0 Å². The Morgan fingerprint density at radius 1 is 1.19 bits per heavy atom. The summed E-state index contributed by atoms with van der Waals surface area (Å²) in [6.45, 7) is 6.63. The van der Waals surface area contributed by atoms with Crippen molar-refractivity contribution in [2.75, 3.05) is 13.1 Å². The van der Waals surface area contributed by atoms with E-state index in [9.17, 15) is 4.79 Å². The van der Waals surface area contributed by atoms with Crippen LogP contribution in [0.25, 0.3) is 0 Å². The van der Waals surface area contributed by atoms with Gasteiger partial charge in [0.15, 0.2) is 0 Å². The fourth-order valence-electron chi connectivity index (χ4n) is 2.03. The largest absolute Gasteiger partial charge is 0.300 e. The van der Waals surface area contributed by atoms with Crippen molar-refractivity contribution >= 4 is 5.78 Å². The van der Waals surface area contributed by atoms with E-state index in [0.29, 0.717) is 18.6 Å². The van der Waals surface area contributed by atoms with E-state index < -0.39 is 0 Å². The molecule has 4 heteroatoms. The van der Waals surface area contributed by atoms with E-state index in [-0.39, 0.29) is 0 Å². The van der Waals surface area contributed by atoms with E-state index in [1.165, 1.54) is 5.56 Å². The lowest BCUT2D eigenvalue weighted by molar-refractivity contribution is -0.121. The molecule has 2 heterocycles. The number of Topliss-reactive ketones (excluding diaryl/α,β-unsaturated/α-hetero) is 1. The van der Waals surface area contributed by atoms with Gasteiger partial charge < -0.3 is 0 Å². The van der Waals surface area contributed by atoms with Gasteiger partial charge in [-0.25, -0.2) is 9.97 Å². The molecule has 0 N–H and O–H groups in total. The molecule has 0 amide bonds. The van der Waals surface area contributed by atoms with E-state index >= 15 is 0 Å². The summed E-state index contributed by atoms with van der Waals surface area (Å²) in [7, 11) is 0. The number of aryl methyl sites for hydroxylation is 2. The molecule has 0 aliphatic carbocycles. The highest BCUT2D eigenvalue weighted by Gasteiger charge is 2.17. The molecule has 0 atom stereocenters. The van der Waals surface area contributed by atoms with Crippen LogP contribution in [0.15, 0.2) is 6.33 Å². The number of piperidine rings is 1. The van der Waals surface area contributed by atoms with Crippen LogP contribution < -0.4 is 0 Å². The minimum absolute atomic E-state index is 0.383. The molecule has 0 spiro atoms. The summed E-state index contributed by atoms with van der Waals surface area (Å²) in [6.07, 6.45) is 2.98. The molecule has 0 unspecified atom stereocenters. The minimum atomic E-state index is 0.383. The van der Waals surface area contributed by atoms with Crippen molar-refractivity contribution in [2.45, 2.75) is 33.2 Å². The monoisotopic (exact) mass is 219 g/mol. The Kier molecular flexibility index (Phi) is 3.29. The Bertz CT molecular complexity index is 373. The van der Waals surface area contributed by atoms with Crippen LogP contribution in [0, 0.1) is 13.8 Å². The molecule has 0 bridgehead atoms. The third-order valence-electron chi connectivity index (χ3n) is 3.17. The second-order valence-corrected chi connectivity index (χ2v) is 4.34. The van der Waals surface area contributed by atoms with E-state index in [1.54, 1.807) is 6.33 Å². The first-order valence-corrected chi connectivity index (χ1v) is 5.68. The summed E-state index contributed by atoms with van der Waals surface area (Å²) in [5.74, 6) is 0.383. The van der Waals surface area contributed by atoms with Crippen molar-refractivity contribution in [1.82, 2.24) is 14.9 Å². The summed E-state index contributed by atoms with van der Waals surface area (Å²) >= 11 is 0. The highest BCUT2D eigenvalue weighted by Crippen LogP contribution is 2.14. The van der Waals surface area contributed by atoms with Crippen molar-refractivity contribution in [3.63, 3.8) is 0 Å². The van der Waals surface area contributed by atoms with E-state index in [1.807, 2.05) is 13.8 Å². The van der Waals surface area contributed by atoms with Crippen LogP contribution in [0.2, 0.25) is 0 Å². The number of hydrogen-bond donors (Lipinski definition) is 0. The van der Waals surface area contributed by atoms with E-state index in [2.05, 4.69) is 14.9 Å². The third-order valence-corrected chi connectivity index (χ3v) is 3.17. The molecule has 0 aromatic carbocycles. The van der Waals surface area contributed by atoms with E-state index in [4.69, 9.17) is 0 Å². The van der Waals surface area contributed by atoms with Gasteiger partial charge in [-0.15, -0.1) is 0 Å². The van der Waals surface area contributed by atoms with Crippen molar-refractivity contribution in [3.8, 4) is 0 Å². The van der Waals surface area contributed by atoms with Crippen LogP contribution in [-0.2, 0) is 11.3 Å². The Labute approximate surface area is 95.7 Å². The Morgan fingerprint density at radius 3 is 2.31 bits per heavy atom. The van der Waals surface area contributed by atoms with Crippen LogP contribution in [-0.4, -0.2) is 33.7 Å². The molecule has 86 valence electrons. The van der Waals surface area contributed by atoms with Gasteiger partial charge in [0, 0.05) is 49.4 Å². The minimum Gasteiger partial charge on any atom is -0.300 e. The molecule has 1 aromatic heterocycles. The van der Waals surface area contributed by atoms with Crippen molar-refractivity contribution in [1.29, 1.82) is 0 Å². The van der Waals surface area contributed by atoms with Gasteiger partial charge in [-0.05, 0) is 13.8 Å². The topological polar surface area (TPSA) is 46.1 Å². The van der Waals surface area contributed by atoms with Gasteiger partial charge in [0.2, 0.25) is 0 Å². The summed E-state index contributed by atoms with van der Waals surface area (Å²) < 4.78 is 0. The Balaban J connectivity index is 2.06. The second-order valence-electron chi connectivity index (χ2n) is 4.34. The third kappa shape index (κ3) is 2.44. The zero-order valence-electron chi connectivity index (χ0n) is 9.86. The molecule has 1 saturated heterocycles. The van der Waals surface area contributed by atoms with Gasteiger partial charge in [-0.3, -0.25) is 9.69 Å². The number of hydrogen-bond acceptors (Lipinski definition) is 4. The van der Waals surface area contributed by atoms with Crippen molar-refractivity contribution in [2.24, 2.45) is 0 Å². The molecule has 1 aromatic rings. The standard InChI is InChI=1S/C12H17N3O/c1-9-12(10(2)14-8-13-9)7-15-5-3-11(16)4-6-15/h8H,3-7H2,1-2H3. The fraction of sp³-hybridized carbons (Fsp3) is 0.583. The number of nitrogens with zero attached hydrogens (tertiary/aromatic N) is 3. The Morgan fingerprint density at radius 2 is 1.75 bits per heavy atom. The highest BCUT2D eigenvalue weighted by molar-refractivity contribution is 5.79. The van der Waals surface area contributed by atoms with Gasteiger partial charge in [0.05, 0.1) is 0 Å². The number of carbonyl (C=O) groups is 1. The van der Waals surface area contributed by atoms with Gasteiger partial charge in [0.25, 0.3) is 0 Å². The SMILES string of the molecule is Cc1ncnc(C)c1CN1CCC(=O)CC1. The van der Waals surface area contributed by atoms with Crippen molar-refractivity contribution < 1.29 is 4.79 Å². The van der Waals surface area contributed by atoms with Crippen LogP contribution in [0.1, 0.15) is 29.8 Å². The maximum atomic E-state index is 11.1. The molecule has 0 radical (unpaired) electrons. The van der Waals surface area contributed by atoms with Gasteiger partial charge in [-0.2, -0.15) is 0 Å². The molecular formula is C12H17N3O. The number of likely N-dealkylation sites (tertiary alicyclic amines) is 1. The van der Waals surface area contributed by atoms with Crippen LogP contribution in [0.5, 0.6) is 0 Å². The maximum absolute atomic E-state index is 11.1. The predicted molar refractivity (Wildman–Crippen MR) is 61.0 cm³/mol. The molecular weight excluding hydrogens is 202 g/mol. The molecule has 1 aliphatic rings. The molecule has 16 heavy (non-hydrogen) atoms. The maximum Gasteiger partial charge on any atom is 0.135 e. The predicted octanol–water partition coefficient (Wildman–Crippen LogP) is 1.26. The van der Waals surface area contributed by atoms with Crippen LogP contribution >= 0.6 is 0 Å².